The van der Waals surface area contributed by atoms with Gasteiger partial charge in [0.05, 0.1) is 24.4 Å². The molecule has 11 heteroatoms. The first-order valence-corrected chi connectivity index (χ1v) is 28.5. The number of fused-ring (bicyclic) bond motifs is 5. The maximum atomic E-state index is 11.9. The second-order valence-electron chi connectivity index (χ2n) is 22.1. The number of rotatable bonds is 33. The molecule has 0 spiro atoms. The van der Waals surface area contributed by atoms with Crippen molar-refractivity contribution in [1.82, 2.24) is 0 Å². The molecule has 71 heavy (non-hydrogen) atoms. The molecule has 10 unspecified atom stereocenters. The van der Waals surface area contributed by atoms with Crippen LogP contribution in [0.1, 0.15) is 247 Å². The minimum Gasteiger partial charge on any atom is -0.463 e. The van der Waals surface area contributed by atoms with E-state index in [0.29, 0.717) is 36.9 Å². The van der Waals surface area contributed by atoms with Crippen LogP contribution >= 0.6 is 0 Å². The second-order valence-corrected chi connectivity index (χ2v) is 22.1. The van der Waals surface area contributed by atoms with E-state index in [1.54, 1.807) is 0 Å². The molecule has 4 N–H and O–H groups in total. The van der Waals surface area contributed by atoms with E-state index in [1.807, 2.05) is 19.1 Å². The highest BCUT2D eigenvalue weighted by Crippen LogP contribution is 2.65. The number of esters is 3. The van der Waals surface area contributed by atoms with Crippen molar-refractivity contribution < 1.29 is 53.8 Å². The minimum atomic E-state index is -0.775. The van der Waals surface area contributed by atoms with Gasteiger partial charge in [-0.3, -0.25) is 19.2 Å². The largest absolute Gasteiger partial charge is 0.463 e. The number of ether oxygens (including phenoxy) is 3. The van der Waals surface area contributed by atoms with Gasteiger partial charge in [0.2, 0.25) is 0 Å². The third-order valence-electron chi connectivity index (χ3n) is 16.3. The summed E-state index contributed by atoms with van der Waals surface area (Å²) in [4.78, 5) is 45.0. The summed E-state index contributed by atoms with van der Waals surface area (Å²) < 4.78 is 15.3. The van der Waals surface area contributed by atoms with E-state index in [9.17, 15) is 39.6 Å². The molecule has 11 nitrogen and oxygen atoms in total. The van der Waals surface area contributed by atoms with Crippen molar-refractivity contribution in [2.75, 3.05) is 13.2 Å². The molecule has 10 atom stereocenters. The fourth-order valence-corrected chi connectivity index (χ4v) is 12.1. The molecule has 4 aliphatic rings. The number of aliphatic hydroxyl groups is 4. The van der Waals surface area contributed by atoms with Crippen LogP contribution in [0.25, 0.3) is 0 Å². The topological polar surface area (TPSA) is 177 Å². The average molecular weight is 999 g/mol. The highest BCUT2D eigenvalue weighted by molar-refractivity contribution is 5.91. The number of allylic oxidation sites excluding steroid dienone is 2. The highest BCUT2D eigenvalue weighted by atomic mass is 16.6. The van der Waals surface area contributed by atoms with Crippen molar-refractivity contribution in [3.63, 3.8) is 0 Å². The van der Waals surface area contributed by atoms with Crippen molar-refractivity contribution in [2.24, 2.45) is 28.6 Å². The lowest BCUT2D eigenvalue weighted by Crippen LogP contribution is -2.51. The maximum Gasteiger partial charge on any atom is 0.305 e. The van der Waals surface area contributed by atoms with Crippen LogP contribution in [0.15, 0.2) is 24.3 Å². The lowest BCUT2D eigenvalue weighted by molar-refractivity contribution is -0.159. The summed E-state index contributed by atoms with van der Waals surface area (Å²) in [5.74, 6) is 4.27. The zero-order valence-electron chi connectivity index (χ0n) is 45.5. The Bertz CT molecular complexity index is 1590. The Morgan fingerprint density at radius 1 is 0.690 bits per heavy atom. The van der Waals surface area contributed by atoms with Crippen LogP contribution in [0.5, 0.6) is 0 Å². The standard InChI is InChI=1S/C22H32O3.C19H36O4.C19H34O4/c1-4-20(24)25-19-8-7-17-16-6-5-14-13-15(23)9-11-21(14,2)18(16)10-12-22(17,19)3;2*1-3-4-5-6-7-8-9-10-11-12-13-14-18(21)15-19(22)16-23-17(2)20/h13,16-19H,4-12H2,1-3H3;3,18-19,21-22H,1,4-16H2,2H3;1,18-19,21-22H,4-16H2,2H3. The molecule has 0 radical (unpaired) electrons. The van der Waals surface area contributed by atoms with Crippen LogP contribution in [0.4, 0.5) is 0 Å². The molecule has 0 saturated heterocycles. The van der Waals surface area contributed by atoms with Gasteiger partial charge in [-0.15, -0.1) is 18.9 Å². The summed E-state index contributed by atoms with van der Waals surface area (Å²) in [7, 11) is 0. The van der Waals surface area contributed by atoms with Gasteiger partial charge in [0.1, 0.15) is 19.3 Å². The van der Waals surface area contributed by atoms with Crippen LogP contribution in [0.3, 0.4) is 0 Å². The molecule has 0 aromatic rings. The van der Waals surface area contributed by atoms with Crippen LogP contribution in [-0.4, -0.2) is 87.9 Å². The first-order valence-electron chi connectivity index (χ1n) is 28.5. The number of unbranched alkanes of at least 4 members (excludes halogenated alkanes) is 18. The van der Waals surface area contributed by atoms with Crippen molar-refractivity contribution in [2.45, 2.75) is 277 Å². The van der Waals surface area contributed by atoms with Gasteiger partial charge in [-0.25, -0.2) is 0 Å². The number of hydrogen-bond donors (Lipinski definition) is 4. The zero-order chi connectivity index (χ0) is 52.5. The van der Waals surface area contributed by atoms with Gasteiger partial charge in [0, 0.05) is 51.4 Å². The van der Waals surface area contributed by atoms with E-state index < -0.39 is 36.4 Å². The van der Waals surface area contributed by atoms with Crippen molar-refractivity contribution in [3.05, 3.63) is 24.3 Å². The zero-order valence-corrected chi connectivity index (χ0v) is 45.5. The second kappa shape index (κ2) is 36.8. The average Bonchev–Trinajstić information content (AvgIpc) is 3.66. The molecular formula is C60H102O11. The van der Waals surface area contributed by atoms with Gasteiger partial charge < -0.3 is 34.6 Å². The molecule has 4 aliphatic carbocycles. The Hall–Kier alpha value is -3.04. The van der Waals surface area contributed by atoms with E-state index in [4.69, 9.17) is 20.6 Å². The van der Waals surface area contributed by atoms with Crippen LogP contribution in [0, 0.1) is 40.9 Å². The molecular weight excluding hydrogens is 897 g/mol. The summed E-state index contributed by atoms with van der Waals surface area (Å²) in [6, 6.07) is 0. The van der Waals surface area contributed by atoms with E-state index in [0.717, 1.165) is 83.0 Å². The fourth-order valence-electron chi connectivity index (χ4n) is 12.1. The molecule has 0 aromatic heterocycles. The van der Waals surface area contributed by atoms with Crippen LogP contribution in [-0.2, 0) is 33.4 Å². The molecule has 3 saturated carbocycles. The first-order chi connectivity index (χ1) is 34.0. The molecule has 3 fully saturated rings. The van der Waals surface area contributed by atoms with Gasteiger partial charge in [0.25, 0.3) is 0 Å². The summed E-state index contributed by atoms with van der Waals surface area (Å²) >= 11 is 0. The summed E-state index contributed by atoms with van der Waals surface area (Å²) in [6.07, 6.45) is 41.8. The Kier molecular flexibility index (Phi) is 33.2. The molecule has 4 rings (SSSR count). The molecule has 0 aliphatic heterocycles. The summed E-state index contributed by atoms with van der Waals surface area (Å²) in [6.45, 7) is 13.0. The number of hydrogen-bond acceptors (Lipinski definition) is 11. The number of carbonyl (C=O) groups excluding carboxylic acids is 4. The molecule has 0 bridgehead atoms. The summed E-state index contributed by atoms with van der Waals surface area (Å²) in [5.41, 5.74) is 1.82. The smallest absolute Gasteiger partial charge is 0.305 e. The number of terminal acetylenes is 1. The molecule has 408 valence electrons. The quantitative estimate of drug-likeness (QED) is 0.0162. The predicted molar refractivity (Wildman–Crippen MR) is 284 cm³/mol. The van der Waals surface area contributed by atoms with Crippen molar-refractivity contribution in [1.29, 1.82) is 0 Å². The lowest BCUT2D eigenvalue weighted by atomic mass is 9.47. The Labute approximate surface area is 431 Å². The van der Waals surface area contributed by atoms with Gasteiger partial charge in [-0.2, -0.15) is 0 Å². The van der Waals surface area contributed by atoms with Gasteiger partial charge >= 0.3 is 17.9 Å². The highest BCUT2D eigenvalue weighted by Gasteiger charge is 2.60. The monoisotopic (exact) mass is 999 g/mol. The minimum absolute atomic E-state index is 0.0286. The normalized spacial score (nSPS) is 24.8. The predicted octanol–water partition coefficient (Wildman–Crippen LogP) is 12.6. The molecule has 0 aromatic carbocycles. The molecule has 0 heterocycles. The van der Waals surface area contributed by atoms with E-state index in [2.05, 4.69) is 26.3 Å². The van der Waals surface area contributed by atoms with Crippen LogP contribution in [0.2, 0.25) is 0 Å². The maximum absolute atomic E-state index is 11.9. The fraction of sp³-hybridized carbons (Fsp3) is 0.833. The van der Waals surface area contributed by atoms with Gasteiger partial charge in [-0.1, -0.05) is 135 Å². The lowest BCUT2D eigenvalue weighted by Gasteiger charge is -2.57. The Balaban J connectivity index is 0.000000366. The van der Waals surface area contributed by atoms with E-state index in [1.165, 1.54) is 122 Å². The third kappa shape index (κ3) is 25.6. The third-order valence-corrected chi connectivity index (χ3v) is 16.3. The van der Waals surface area contributed by atoms with Crippen LogP contribution < -0.4 is 0 Å². The Morgan fingerprint density at radius 3 is 1.66 bits per heavy atom. The van der Waals surface area contributed by atoms with E-state index >= 15 is 0 Å². The van der Waals surface area contributed by atoms with Crippen molar-refractivity contribution >= 4 is 23.7 Å². The van der Waals surface area contributed by atoms with E-state index in [-0.39, 0.29) is 49.0 Å². The Morgan fingerprint density at radius 2 is 1.18 bits per heavy atom. The number of aliphatic hydroxyl groups excluding tert-OH is 4. The number of ketones is 1. The first kappa shape index (κ1) is 64.1. The SMILES string of the molecule is C#CCCCCCCCCCCCC(O)CC(O)COC(C)=O.C=CCCCCCCCCCCCC(O)CC(O)COC(C)=O.CCC(=O)OC1CCC2C3CCC4=CC(=O)CCC4(C)C3CCC12C. The molecule has 0 amide bonds. The van der Waals surface area contributed by atoms with Gasteiger partial charge in [0.15, 0.2) is 5.78 Å². The van der Waals surface area contributed by atoms with Gasteiger partial charge in [-0.05, 0) is 106 Å². The number of carbonyl (C=O) groups is 4. The van der Waals surface area contributed by atoms with Crippen molar-refractivity contribution in [3.8, 4) is 12.3 Å². The summed E-state index contributed by atoms with van der Waals surface area (Å²) in [5, 5.41) is 38.8.